The van der Waals surface area contributed by atoms with Gasteiger partial charge in [0.2, 0.25) is 0 Å². The summed E-state index contributed by atoms with van der Waals surface area (Å²) in [4.78, 5) is 10.8. The van der Waals surface area contributed by atoms with Crippen molar-refractivity contribution in [2.24, 2.45) is 29.6 Å². The fraction of sp³-hybridized carbons (Fsp3) is 0.875. The Hall–Kier alpha value is 0.0500. The number of alkyl halides is 2. The summed E-state index contributed by atoms with van der Waals surface area (Å²) in [6, 6.07) is 0. The topological polar surface area (TPSA) is 37.3 Å². The maximum Gasteiger partial charge on any atom is 0.307 e. The zero-order valence-electron chi connectivity index (χ0n) is 6.15. The molecule has 1 N–H and O–H groups in total. The van der Waals surface area contributed by atoms with Gasteiger partial charge in [0.15, 0.2) is 0 Å². The molecule has 3 aliphatic rings. The van der Waals surface area contributed by atoms with E-state index < -0.39 is 5.97 Å². The molecule has 66 valence electrons. The molecule has 0 radical (unpaired) electrons. The monoisotopic (exact) mass is 206 g/mol. The predicted molar refractivity (Wildman–Crippen MR) is 44.4 cm³/mol. The lowest BCUT2D eigenvalue weighted by Gasteiger charge is -2.76. The van der Waals surface area contributed by atoms with E-state index in [4.69, 9.17) is 28.3 Å². The van der Waals surface area contributed by atoms with Gasteiger partial charge in [-0.25, -0.2) is 0 Å². The molecule has 3 rings (SSSR count). The van der Waals surface area contributed by atoms with Crippen LogP contribution < -0.4 is 0 Å². The number of hydrogen-bond donors (Lipinski definition) is 1. The molecule has 0 aliphatic heterocycles. The predicted octanol–water partition coefficient (Wildman–Crippen LogP) is 1.41. The van der Waals surface area contributed by atoms with Gasteiger partial charge in [0.25, 0.3) is 0 Å². The summed E-state index contributed by atoms with van der Waals surface area (Å²) >= 11 is 12.0. The molecule has 0 bridgehead atoms. The van der Waals surface area contributed by atoms with E-state index >= 15 is 0 Å². The molecule has 0 spiro atoms. The Morgan fingerprint density at radius 3 is 1.83 bits per heavy atom. The van der Waals surface area contributed by atoms with Gasteiger partial charge in [-0.15, -0.1) is 23.2 Å². The molecular formula is C8H8Cl2O2. The van der Waals surface area contributed by atoms with Crippen LogP contribution in [0.25, 0.3) is 0 Å². The number of hydrogen-bond acceptors (Lipinski definition) is 1. The molecule has 0 aromatic rings. The van der Waals surface area contributed by atoms with Crippen LogP contribution in [0.15, 0.2) is 0 Å². The Morgan fingerprint density at radius 2 is 1.50 bits per heavy atom. The molecule has 4 unspecified atom stereocenters. The average molecular weight is 207 g/mol. The van der Waals surface area contributed by atoms with Crippen molar-refractivity contribution in [1.82, 2.24) is 0 Å². The van der Waals surface area contributed by atoms with Crippen molar-refractivity contribution >= 4 is 29.2 Å². The van der Waals surface area contributed by atoms with E-state index in [1.54, 1.807) is 0 Å². The molecule has 3 aliphatic carbocycles. The zero-order valence-corrected chi connectivity index (χ0v) is 7.66. The SMILES string of the molecule is O=C(O)C1C2C(Cl)C3C(Cl)C1C32. The van der Waals surface area contributed by atoms with Crippen molar-refractivity contribution in [2.75, 3.05) is 0 Å². The second-order valence-electron chi connectivity index (χ2n) is 4.06. The lowest BCUT2D eigenvalue weighted by atomic mass is 9.32. The van der Waals surface area contributed by atoms with Crippen molar-refractivity contribution in [3.63, 3.8) is 0 Å². The third-order valence-corrected chi connectivity index (χ3v) is 5.08. The molecule has 4 atom stereocenters. The Bertz CT molecular complexity index is 239. The van der Waals surface area contributed by atoms with Gasteiger partial charge < -0.3 is 5.11 Å². The first-order valence-electron chi connectivity index (χ1n) is 4.15. The first kappa shape index (κ1) is 7.45. The lowest BCUT2D eigenvalue weighted by molar-refractivity contribution is -0.239. The second kappa shape index (κ2) is 1.93. The van der Waals surface area contributed by atoms with E-state index in [-0.39, 0.29) is 28.5 Å². The van der Waals surface area contributed by atoms with E-state index in [0.717, 1.165) is 0 Å². The highest BCUT2D eigenvalue weighted by Gasteiger charge is 2.79. The largest absolute Gasteiger partial charge is 0.481 e. The highest BCUT2D eigenvalue weighted by molar-refractivity contribution is 6.26. The second-order valence-corrected chi connectivity index (χ2v) is 5.07. The van der Waals surface area contributed by atoms with Gasteiger partial charge in [0, 0.05) is 10.8 Å². The first-order chi connectivity index (χ1) is 5.64. The Kier molecular flexibility index (Phi) is 1.20. The first-order valence-corrected chi connectivity index (χ1v) is 5.03. The number of carboxylic acid groups (broad SMARTS) is 1. The van der Waals surface area contributed by atoms with Gasteiger partial charge in [-0.3, -0.25) is 4.79 Å². The number of carbonyl (C=O) groups is 1. The number of aliphatic carboxylic acids is 1. The number of halogens is 2. The van der Waals surface area contributed by atoms with E-state index in [0.29, 0.717) is 11.8 Å². The van der Waals surface area contributed by atoms with E-state index in [2.05, 4.69) is 0 Å². The van der Waals surface area contributed by atoms with Crippen LogP contribution in [0, 0.1) is 29.6 Å². The summed E-state index contributed by atoms with van der Waals surface area (Å²) < 4.78 is 0. The molecule has 3 saturated carbocycles. The van der Waals surface area contributed by atoms with Crippen molar-refractivity contribution in [1.29, 1.82) is 0 Å². The van der Waals surface area contributed by atoms with Crippen molar-refractivity contribution in [3.05, 3.63) is 0 Å². The highest BCUT2D eigenvalue weighted by atomic mass is 35.5. The van der Waals surface area contributed by atoms with Gasteiger partial charge in [-0.1, -0.05) is 0 Å². The number of carboxylic acids is 1. The van der Waals surface area contributed by atoms with Crippen LogP contribution in [0.3, 0.4) is 0 Å². The van der Waals surface area contributed by atoms with Crippen molar-refractivity contribution in [2.45, 2.75) is 10.8 Å². The van der Waals surface area contributed by atoms with E-state index in [9.17, 15) is 4.79 Å². The molecule has 0 heterocycles. The van der Waals surface area contributed by atoms with E-state index in [1.165, 1.54) is 0 Å². The van der Waals surface area contributed by atoms with E-state index in [1.807, 2.05) is 0 Å². The van der Waals surface area contributed by atoms with Crippen LogP contribution >= 0.6 is 23.2 Å². The van der Waals surface area contributed by atoms with Crippen LogP contribution in [0.1, 0.15) is 0 Å². The van der Waals surface area contributed by atoms with Crippen LogP contribution in [0.4, 0.5) is 0 Å². The summed E-state index contributed by atoms with van der Waals surface area (Å²) in [6.07, 6.45) is 0. The maximum atomic E-state index is 10.8. The van der Waals surface area contributed by atoms with Crippen LogP contribution in [-0.4, -0.2) is 21.8 Å². The standard InChI is InChI=1S/C8H8Cl2O2/c9-6-2-1-3(4(2)8(11)12)7(10)5(1)6/h1-7H,(H,11,12). The van der Waals surface area contributed by atoms with Crippen molar-refractivity contribution < 1.29 is 9.90 Å². The lowest BCUT2D eigenvalue weighted by Crippen LogP contribution is -2.80. The molecule has 3 fully saturated rings. The molecule has 0 aromatic heterocycles. The average Bonchev–Trinajstić information content (AvgIpc) is 1.95. The molecule has 4 heteroatoms. The quantitative estimate of drug-likeness (QED) is 0.660. The maximum absolute atomic E-state index is 10.8. The van der Waals surface area contributed by atoms with Crippen molar-refractivity contribution in [3.8, 4) is 0 Å². The molecular weight excluding hydrogens is 199 g/mol. The summed E-state index contributed by atoms with van der Waals surface area (Å²) in [6.45, 7) is 0. The Balaban J connectivity index is 1.88. The van der Waals surface area contributed by atoms with Gasteiger partial charge in [-0.2, -0.15) is 0 Å². The normalized spacial score (nSPS) is 65.3. The van der Waals surface area contributed by atoms with Gasteiger partial charge in [-0.05, 0) is 23.7 Å². The minimum absolute atomic E-state index is 0.0311. The van der Waals surface area contributed by atoms with Gasteiger partial charge in [0.1, 0.15) is 0 Å². The third-order valence-electron chi connectivity index (χ3n) is 3.92. The smallest absolute Gasteiger partial charge is 0.307 e. The molecule has 0 saturated heterocycles. The van der Waals surface area contributed by atoms with Gasteiger partial charge >= 0.3 is 5.97 Å². The summed E-state index contributed by atoms with van der Waals surface area (Å²) in [5.41, 5.74) is 0. The molecule has 12 heavy (non-hydrogen) atoms. The highest BCUT2D eigenvalue weighted by Crippen LogP contribution is 2.75. The van der Waals surface area contributed by atoms with Crippen LogP contribution in [0.2, 0.25) is 0 Å². The fourth-order valence-electron chi connectivity index (χ4n) is 3.33. The number of rotatable bonds is 1. The molecule has 0 aromatic carbocycles. The Labute approximate surface area is 79.8 Å². The molecule has 2 nitrogen and oxygen atoms in total. The fourth-order valence-corrected chi connectivity index (χ4v) is 4.71. The van der Waals surface area contributed by atoms with Crippen LogP contribution in [-0.2, 0) is 4.79 Å². The summed E-state index contributed by atoms with van der Waals surface area (Å²) in [5, 5.41) is 8.93. The minimum Gasteiger partial charge on any atom is -0.481 e. The van der Waals surface area contributed by atoms with Crippen LogP contribution in [0.5, 0.6) is 0 Å². The zero-order chi connectivity index (χ0) is 8.62. The third kappa shape index (κ3) is 0.513. The molecule has 0 amide bonds. The summed E-state index contributed by atoms with van der Waals surface area (Å²) in [7, 11) is 0. The van der Waals surface area contributed by atoms with Gasteiger partial charge in [0.05, 0.1) is 5.92 Å². The Morgan fingerprint density at radius 1 is 1.00 bits per heavy atom. The minimum atomic E-state index is -0.712. The summed E-state index contributed by atoms with van der Waals surface area (Å²) in [5.74, 6) is 0.471.